The molecule has 1 saturated heterocycles. The van der Waals surface area contributed by atoms with E-state index < -0.39 is 0 Å². The van der Waals surface area contributed by atoms with Gasteiger partial charge in [-0.1, -0.05) is 18.5 Å². The van der Waals surface area contributed by atoms with Gasteiger partial charge < -0.3 is 14.5 Å². The number of ether oxygens (including phenoxy) is 1. The van der Waals surface area contributed by atoms with Gasteiger partial charge in [0.2, 0.25) is 5.91 Å². The van der Waals surface area contributed by atoms with E-state index >= 15 is 0 Å². The van der Waals surface area contributed by atoms with Crippen LogP contribution < -0.4 is 9.64 Å². The summed E-state index contributed by atoms with van der Waals surface area (Å²) < 4.78 is 5.77. The fraction of sp³-hybridized carbons (Fsp3) is 0.360. The average Bonchev–Trinajstić information content (AvgIpc) is 2.84. The Kier molecular flexibility index (Phi) is 7.08. The predicted octanol–water partition coefficient (Wildman–Crippen LogP) is 4.70. The number of pyridine rings is 1. The Morgan fingerprint density at radius 3 is 2.42 bits per heavy atom. The molecule has 0 unspecified atom stereocenters. The lowest BCUT2D eigenvalue weighted by atomic mass is 10.0. The van der Waals surface area contributed by atoms with Gasteiger partial charge in [-0.25, -0.2) is 4.98 Å². The second kappa shape index (κ2) is 10.2. The van der Waals surface area contributed by atoms with Crippen LogP contribution in [-0.2, 0) is 4.79 Å². The largest absolute Gasteiger partial charge is 0.491 e. The van der Waals surface area contributed by atoms with Crippen molar-refractivity contribution in [2.24, 2.45) is 0 Å². The lowest BCUT2D eigenvalue weighted by molar-refractivity contribution is -0.131. The number of aromatic nitrogens is 3. The van der Waals surface area contributed by atoms with E-state index in [-0.39, 0.29) is 12.0 Å². The van der Waals surface area contributed by atoms with Gasteiger partial charge in [0.25, 0.3) is 0 Å². The van der Waals surface area contributed by atoms with Crippen molar-refractivity contribution in [1.82, 2.24) is 19.9 Å². The molecule has 1 aromatic carbocycles. The van der Waals surface area contributed by atoms with Gasteiger partial charge in [-0.2, -0.15) is 0 Å². The number of hydrogen-bond donors (Lipinski definition) is 0. The zero-order chi connectivity index (χ0) is 23.4. The third kappa shape index (κ3) is 5.25. The number of benzene rings is 1. The molecule has 3 aromatic rings. The van der Waals surface area contributed by atoms with Crippen molar-refractivity contribution in [1.29, 1.82) is 0 Å². The van der Waals surface area contributed by atoms with Crippen molar-refractivity contribution in [3.8, 4) is 28.3 Å². The number of amides is 1. The van der Waals surface area contributed by atoms with E-state index in [1.54, 1.807) is 18.6 Å². The molecule has 1 aliphatic rings. The summed E-state index contributed by atoms with van der Waals surface area (Å²) in [5, 5.41) is 0.517. The number of halogens is 1. The number of nitrogens with zero attached hydrogens (tertiary/aromatic N) is 5. The average molecular weight is 466 g/mol. The molecule has 33 heavy (non-hydrogen) atoms. The van der Waals surface area contributed by atoms with Gasteiger partial charge in [-0.3, -0.25) is 14.8 Å². The molecule has 1 fully saturated rings. The quantitative estimate of drug-likeness (QED) is 0.525. The van der Waals surface area contributed by atoms with Crippen molar-refractivity contribution in [3.63, 3.8) is 0 Å². The summed E-state index contributed by atoms with van der Waals surface area (Å²) >= 11 is 6.50. The van der Waals surface area contributed by atoms with E-state index in [2.05, 4.69) is 9.88 Å². The number of rotatable bonds is 6. The van der Waals surface area contributed by atoms with Gasteiger partial charge in [0.1, 0.15) is 17.3 Å². The highest BCUT2D eigenvalue weighted by Crippen LogP contribution is 2.35. The third-order valence-electron chi connectivity index (χ3n) is 5.55. The highest BCUT2D eigenvalue weighted by molar-refractivity contribution is 6.33. The summed E-state index contributed by atoms with van der Waals surface area (Å²) in [6, 6.07) is 9.69. The molecule has 0 bridgehead atoms. The first-order valence-electron chi connectivity index (χ1n) is 11.2. The van der Waals surface area contributed by atoms with Crippen molar-refractivity contribution < 1.29 is 9.53 Å². The van der Waals surface area contributed by atoms with Crippen molar-refractivity contribution in [2.45, 2.75) is 33.3 Å². The number of carbonyl (C=O) groups excluding carboxylic acids is 1. The second-order valence-corrected chi connectivity index (χ2v) is 8.60. The molecule has 1 aliphatic heterocycles. The Morgan fingerprint density at radius 2 is 1.79 bits per heavy atom. The fourth-order valence-electron chi connectivity index (χ4n) is 3.87. The topological polar surface area (TPSA) is 71.5 Å². The van der Waals surface area contributed by atoms with Gasteiger partial charge in [-0.15, -0.1) is 0 Å². The Hall–Kier alpha value is -3.19. The maximum atomic E-state index is 12.0. The molecule has 0 aliphatic carbocycles. The normalized spacial score (nSPS) is 14.0. The molecule has 0 atom stereocenters. The maximum absolute atomic E-state index is 12.0. The van der Waals surface area contributed by atoms with Crippen LogP contribution >= 0.6 is 11.6 Å². The van der Waals surface area contributed by atoms with Gasteiger partial charge >= 0.3 is 0 Å². The second-order valence-electron chi connectivity index (χ2n) is 8.19. The van der Waals surface area contributed by atoms with Crippen molar-refractivity contribution in [2.75, 3.05) is 31.1 Å². The molecule has 3 heterocycles. The molecule has 1 amide bonds. The van der Waals surface area contributed by atoms with E-state index in [9.17, 15) is 4.79 Å². The van der Waals surface area contributed by atoms with Crippen LogP contribution in [0.5, 0.6) is 5.75 Å². The first kappa shape index (κ1) is 23.0. The molecule has 0 spiro atoms. The molecule has 0 N–H and O–H groups in total. The zero-order valence-corrected chi connectivity index (χ0v) is 19.9. The summed E-state index contributed by atoms with van der Waals surface area (Å²) in [5.41, 5.74) is 3.14. The molecule has 172 valence electrons. The van der Waals surface area contributed by atoms with E-state index in [0.29, 0.717) is 43.3 Å². The van der Waals surface area contributed by atoms with E-state index in [1.165, 1.54) is 0 Å². The number of hydrogen-bond acceptors (Lipinski definition) is 6. The first-order valence-corrected chi connectivity index (χ1v) is 11.6. The predicted molar refractivity (Wildman–Crippen MR) is 131 cm³/mol. The smallest absolute Gasteiger partial charge is 0.222 e. The van der Waals surface area contributed by atoms with Crippen LogP contribution in [0.1, 0.15) is 27.2 Å². The van der Waals surface area contributed by atoms with Crippen LogP contribution in [0, 0.1) is 0 Å². The first-order chi connectivity index (χ1) is 16.0. The highest BCUT2D eigenvalue weighted by Gasteiger charge is 2.23. The summed E-state index contributed by atoms with van der Waals surface area (Å²) in [5.74, 6) is 1.76. The molecular formula is C25H28ClN5O2. The molecule has 0 radical (unpaired) electrons. The minimum atomic E-state index is 0.106. The maximum Gasteiger partial charge on any atom is 0.222 e. The lowest BCUT2D eigenvalue weighted by Gasteiger charge is -2.35. The molecular weight excluding hydrogens is 438 g/mol. The minimum Gasteiger partial charge on any atom is -0.491 e. The molecule has 2 aromatic heterocycles. The number of anilines is 1. The Morgan fingerprint density at radius 1 is 1.06 bits per heavy atom. The summed E-state index contributed by atoms with van der Waals surface area (Å²) in [4.78, 5) is 30.0. The van der Waals surface area contributed by atoms with Crippen LogP contribution in [0.3, 0.4) is 0 Å². The van der Waals surface area contributed by atoms with E-state index in [1.807, 2.05) is 56.0 Å². The summed E-state index contributed by atoms with van der Waals surface area (Å²) in [7, 11) is 0. The van der Waals surface area contributed by atoms with Gasteiger partial charge in [0, 0.05) is 56.1 Å². The van der Waals surface area contributed by atoms with Gasteiger partial charge in [0.15, 0.2) is 0 Å². The molecule has 8 heteroatoms. The van der Waals surface area contributed by atoms with Gasteiger partial charge in [0.05, 0.1) is 23.0 Å². The Bertz CT molecular complexity index is 1110. The summed E-state index contributed by atoms with van der Waals surface area (Å²) in [6.07, 6.45) is 5.75. The third-order valence-corrected chi connectivity index (χ3v) is 5.85. The van der Waals surface area contributed by atoms with Crippen LogP contribution in [0.4, 0.5) is 5.82 Å². The number of carbonyl (C=O) groups is 1. The minimum absolute atomic E-state index is 0.106. The Labute approximate surface area is 199 Å². The fourth-order valence-corrected chi connectivity index (χ4v) is 4.08. The van der Waals surface area contributed by atoms with Crippen molar-refractivity contribution in [3.05, 3.63) is 53.9 Å². The number of piperazine rings is 1. The van der Waals surface area contributed by atoms with E-state index in [0.717, 1.165) is 28.4 Å². The lowest BCUT2D eigenvalue weighted by Crippen LogP contribution is -2.48. The van der Waals surface area contributed by atoms with Crippen LogP contribution in [0.25, 0.3) is 22.5 Å². The van der Waals surface area contributed by atoms with Gasteiger partial charge in [-0.05, 0) is 44.2 Å². The van der Waals surface area contributed by atoms with Crippen molar-refractivity contribution >= 4 is 23.3 Å². The standard InChI is InChI=1S/C25H28ClN5O2/c1-4-23(32)31-13-11-30(12-14-31)22-16-28-24(18-5-7-19(8-6-18)33-17(2)3)25(29-22)20-9-10-27-15-21(20)26/h5-10,15-17H,4,11-14H2,1-3H3. The monoisotopic (exact) mass is 465 g/mol. The SMILES string of the molecule is CCC(=O)N1CCN(c2cnc(-c3ccc(OC(C)C)cc3)c(-c3ccncc3Cl)n2)CC1. The Balaban J connectivity index is 1.68. The summed E-state index contributed by atoms with van der Waals surface area (Å²) in [6.45, 7) is 8.68. The van der Waals surface area contributed by atoms with Crippen LogP contribution in [0.2, 0.25) is 5.02 Å². The molecule has 0 saturated carbocycles. The molecule has 4 rings (SSSR count). The van der Waals surface area contributed by atoms with Crippen LogP contribution in [-0.4, -0.2) is 58.0 Å². The molecule has 7 nitrogen and oxygen atoms in total. The zero-order valence-electron chi connectivity index (χ0n) is 19.2. The highest BCUT2D eigenvalue weighted by atomic mass is 35.5. The van der Waals surface area contributed by atoms with Crippen LogP contribution in [0.15, 0.2) is 48.9 Å². The van der Waals surface area contributed by atoms with E-state index in [4.69, 9.17) is 26.3 Å².